The second-order valence-corrected chi connectivity index (χ2v) is 8.69. The van der Waals surface area contributed by atoms with E-state index >= 15 is 0 Å². The maximum absolute atomic E-state index is 8.91. The maximum Gasteiger partial charge on any atom is 0.135 e. The van der Waals surface area contributed by atoms with Gasteiger partial charge in [0.15, 0.2) is 0 Å². The summed E-state index contributed by atoms with van der Waals surface area (Å²) >= 11 is 0. The van der Waals surface area contributed by atoms with E-state index < -0.39 is 6.37 Å². The standard InChI is InChI=1S/C31H25NO/c1-20(2)18-21-19-28(32-27-15-7-5-10-22(21)27)26-14-9-17-30-31(26)25-13-4-3-11-23(25)24-12-6-8-16-29(24)33-30/h3-17,19-20H,18H2,1-2H3/i18D2. The van der Waals surface area contributed by atoms with Crippen molar-refractivity contribution in [3.63, 3.8) is 0 Å². The lowest BCUT2D eigenvalue weighted by Crippen LogP contribution is -1.99. The number of fused-ring (bicyclic) bond motifs is 6. The van der Waals surface area contributed by atoms with Gasteiger partial charge in [0, 0.05) is 24.8 Å². The van der Waals surface area contributed by atoms with Gasteiger partial charge in [0.1, 0.15) is 11.5 Å². The van der Waals surface area contributed by atoms with Crippen LogP contribution < -0.4 is 4.74 Å². The first-order valence-corrected chi connectivity index (χ1v) is 11.4. The van der Waals surface area contributed by atoms with Crippen LogP contribution in [0.4, 0.5) is 0 Å². The predicted octanol–water partition coefficient (Wildman–Crippen LogP) is 8.54. The van der Waals surface area contributed by atoms with E-state index in [-0.39, 0.29) is 5.92 Å². The third kappa shape index (κ3) is 3.39. The van der Waals surface area contributed by atoms with Gasteiger partial charge >= 0.3 is 0 Å². The van der Waals surface area contributed by atoms with Crippen LogP contribution in [0.3, 0.4) is 0 Å². The van der Waals surface area contributed by atoms with Crippen LogP contribution in [0.15, 0.2) is 97.1 Å². The molecule has 2 heterocycles. The molecular formula is C31H25NO. The number of para-hydroxylation sites is 2. The Balaban J connectivity index is 1.67. The van der Waals surface area contributed by atoms with Crippen LogP contribution in [0.1, 0.15) is 22.2 Å². The Kier molecular flexibility index (Phi) is 4.22. The predicted molar refractivity (Wildman–Crippen MR) is 137 cm³/mol. The summed E-state index contributed by atoms with van der Waals surface area (Å²) in [4.78, 5) is 5.02. The van der Waals surface area contributed by atoms with Crippen molar-refractivity contribution in [2.75, 3.05) is 0 Å². The van der Waals surface area contributed by atoms with Crippen LogP contribution >= 0.6 is 0 Å². The molecule has 0 N–H and O–H groups in total. The molecule has 1 aliphatic heterocycles. The summed E-state index contributed by atoms with van der Waals surface area (Å²) in [5.41, 5.74) is 7.31. The molecule has 0 bridgehead atoms. The van der Waals surface area contributed by atoms with Gasteiger partial charge in [0.25, 0.3) is 0 Å². The lowest BCUT2D eigenvalue weighted by molar-refractivity contribution is 0.488. The minimum atomic E-state index is -1.51. The molecule has 0 spiro atoms. The Morgan fingerprint density at radius 2 is 1.39 bits per heavy atom. The van der Waals surface area contributed by atoms with Crippen LogP contribution in [0.5, 0.6) is 11.5 Å². The molecule has 5 aromatic rings. The number of ether oxygens (including phenoxy) is 1. The fraction of sp³-hybridized carbons (Fsp3) is 0.129. The Bertz CT molecular complexity index is 1590. The van der Waals surface area contributed by atoms with Crippen molar-refractivity contribution >= 4 is 10.9 Å². The van der Waals surface area contributed by atoms with Gasteiger partial charge in [-0.3, -0.25) is 0 Å². The summed E-state index contributed by atoms with van der Waals surface area (Å²) in [5, 5.41) is 0.848. The molecule has 160 valence electrons. The molecule has 0 saturated carbocycles. The van der Waals surface area contributed by atoms with Crippen molar-refractivity contribution in [1.82, 2.24) is 4.98 Å². The highest BCUT2D eigenvalue weighted by molar-refractivity contribution is 5.98. The highest BCUT2D eigenvalue weighted by atomic mass is 16.5. The molecule has 1 aliphatic rings. The highest BCUT2D eigenvalue weighted by Crippen LogP contribution is 2.49. The van der Waals surface area contributed by atoms with E-state index in [1.165, 1.54) is 0 Å². The molecule has 0 amide bonds. The first-order chi connectivity index (χ1) is 16.9. The summed E-state index contributed by atoms with van der Waals surface area (Å²) < 4.78 is 24.3. The fourth-order valence-electron chi connectivity index (χ4n) is 4.68. The van der Waals surface area contributed by atoms with Gasteiger partial charge in [-0.2, -0.15) is 0 Å². The molecule has 2 heteroatoms. The number of rotatable bonds is 3. The molecule has 0 fully saturated rings. The van der Waals surface area contributed by atoms with Gasteiger partial charge in [0.2, 0.25) is 0 Å². The van der Waals surface area contributed by atoms with Crippen LogP contribution in [0, 0.1) is 5.92 Å². The summed E-state index contributed by atoms with van der Waals surface area (Å²) in [7, 11) is 0. The lowest BCUT2D eigenvalue weighted by atomic mass is 9.89. The van der Waals surface area contributed by atoms with Crippen LogP contribution in [0.2, 0.25) is 0 Å². The second kappa shape index (κ2) is 7.90. The van der Waals surface area contributed by atoms with Crippen LogP contribution in [0.25, 0.3) is 44.4 Å². The van der Waals surface area contributed by atoms with Crippen molar-refractivity contribution in [3.8, 4) is 45.0 Å². The Morgan fingerprint density at radius 1 is 0.727 bits per heavy atom. The summed E-state index contributed by atoms with van der Waals surface area (Å²) in [6.45, 7) is 3.84. The molecule has 0 saturated heterocycles. The number of benzene rings is 4. The molecular weight excluding hydrogens is 402 g/mol. The molecule has 2 nitrogen and oxygen atoms in total. The molecule has 0 atom stereocenters. The largest absolute Gasteiger partial charge is 0.456 e. The zero-order valence-corrected chi connectivity index (χ0v) is 18.7. The van der Waals surface area contributed by atoms with Crippen molar-refractivity contribution in [3.05, 3.63) is 103 Å². The van der Waals surface area contributed by atoms with E-state index in [0.717, 1.165) is 55.9 Å². The topological polar surface area (TPSA) is 22.1 Å². The number of nitrogens with zero attached hydrogens (tertiary/aromatic N) is 1. The average molecular weight is 430 g/mol. The molecule has 0 aliphatic carbocycles. The van der Waals surface area contributed by atoms with Gasteiger partial charge in [-0.05, 0) is 53.2 Å². The minimum Gasteiger partial charge on any atom is -0.456 e. The van der Waals surface area contributed by atoms with Crippen molar-refractivity contribution in [1.29, 1.82) is 0 Å². The van der Waals surface area contributed by atoms with Crippen molar-refractivity contribution in [2.24, 2.45) is 5.92 Å². The molecule has 1 aromatic heterocycles. The zero-order chi connectivity index (χ0) is 24.2. The number of hydrogen-bond acceptors (Lipinski definition) is 2. The Labute approximate surface area is 197 Å². The molecule has 33 heavy (non-hydrogen) atoms. The molecule has 0 radical (unpaired) electrons. The summed E-state index contributed by atoms with van der Waals surface area (Å²) in [6.07, 6.45) is -1.51. The van der Waals surface area contributed by atoms with Gasteiger partial charge < -0.3 is 4.74 Å². The third-order valence-corrected chi connectivity index (χ3v) is 6.06. The SMILES string of the molecule is [2H]C([2H])(c1cc(-c2cccc3c2-c2ccccc2-c2ccccc2O3)nc2ccccc12)C(C)C. The number of pyridine rings is 1. The van der Waals surface area contributed by atoms with E-state index in [1.54, 1.807) is 0 Å². The first kappa shape index (κ1) is 17.6. The highest BCUT2D eigenvalue weighted by Gasteiger charge is 2.24. The van der Waals surface area contributed by atoms with E-state index in [4.69, 9.17) is 12.5 Å². The Morgan fingerprint density at radius 3 is 2.24 bits per heavy atom. The molecule has 4 aromatic carbocycles. The normalized spacial score (nSPS) is 13.3. The minimum absolute atomic E-state index is 0.187. The van der Waals surface area contributed by atoms with Crippen LogP contribution in [-0.2, 0) is 6.37 Å². The first-order valence-electron chi connectivity index (χ1n) is 12.4. The third-order valence-electron chi connectivity index (χ3n) is 6.06. The zero-order valence-electron chi connectivity index (χ0n) is 20.7. The van der Waals surface area contributed by atoms with E-state index in [2.05, 4.69) is 24.3 Å². The van der Waals surface area contributed by atoms with E-state index in [0.29, 0.717) is 5.56 Å². The van der Waals surface area contributed by atoms with Gasteiger partial charge in [-0.15, -0.1) is 0 Å². The monoisotopic (exact) mass is 429 g/mol. The number of aromatic nitrogens is 1. The Hall–Kier alpha value is -3.91. The van der Waals surface area contributed by atoms with Crippen molar-refractivity contribution < 1.29 is 7.48 Å². The van der Waals surface area contributed by atoms with Gasteiger partial charge in [0.05, 0.1) is 11.2 Å². The van der Waals surface area contributed by atoms with Crippen molar-refractivity contribution in [2.45, 2.75) is 20.2 Å². The van der Waals surface area contributed by atoms with Crippen LogP contribution in [-0.4, -0.2) is 4.98 Å². The lowest BCUT2D eigenvalue weighted by Gasteiger charge is -2.16. The smallest absolute Gasteiger partial charge is 0.135 e. The van der Waals surface area contributed by atoms with Gasteiger partial charge in [-0.25, -0.2) is 4.98 Å². The average Bonchev–Trinajstić information content (AvgIpc) is 3.02. The van der Waals surface area contributed by atoms with E-state index in [9.17, 15) is 0 Å². The maximum atomic E-state index is 8.91. The second-order valence-electron chi connectivity index (χ2n) is 8.69. The summed E-state index contributed by atoms with van der Waals surface area (Å²) in [6, 6.07) is 32.2. The molecule has 6 rings (SSSR count). The fourth-order valence-corrected chi connectivity index (χ4v) is 4.68. The summed E-state index contributed by atoms with van der Waals surface area (Å²) in [5.74, 6) is 1.40. The quantitative estimate of drug-likeness (QED) is 0.281. The molecule has 0 unspecified atom stereocenters. The van der Waals surface area contributed by atoms with E-state index in [1.807, 2.05) is 86.6 Å². The number of hydrogen-bond donors (Lipinski definition) is 0. The van der Waals surface area contributed by atoms with Gasteiger partial charge in [-0.1, -0.05) is 86.6 Å².